The fourth-order valence-electron chi connectivity index (χ4n) is 4.24. The summed E-state index contributed by atoms with van der Waals surface area (Å²) in [5, 5.41) is 10.3. The van der Waals surface area contributed by atoms with Crippen molar-refractivity contribution in [2.45, 2.75) is 32.7 Å². The van der Waals surface area contributed by atoms with Crippen molar-refractivity contribution >= 4 is 10.9 Å². The first-order valence-electron chi connectivity index (χ1n) is 9.88. The maximum absolute atomic E-state index is 13.5. The lowest BCUT2D eigenvalue weighted by molar-refractivity contribution is 0.177. The van der Waals surface area contributed by atoms with Crippen LogP contribution in [0.5, 0.6) is 0 Å². The van der Waals surface area contributed by atoms with E-state index in [4.69, 9.17) is 5.26 Å². The molecule has 0 amide bonds. The van der Waals surface area contributed by atoms with Gasteiger partial charge in [-0.3, -0.25) is 9.88 Å². The molecule has 0 unspecified atom stereocenters. The van der Waals surface area contributed by atoms with Crippen LogP contribution in [0.15, 0.2) is 48.5 Å². The number of hydrogen-bond acceptors (Lipinski definition) is 3. The minimum atomic E-state index is -0.440. The first kappa shape index (κ1) is 18.6. The summed E-state index contributed by atoms with van der Waals surface area (Å²) in [6.45, 7) is 4.91. The van der Waals surface area contributed by atoms with E-state index >= 15 is 0 Å². The van der Waals surface area contributed by atoms with Crippen molar-refractivity contribution in [1.82, 2.24) is 9.88 Å². The summed E-state index contributed by atoms with van der Waals surface area (Å²) in [6.07, 6.45) is 3.40. The fourth-order valence-corrected chi connectivity index (χ4v) is 4.24. The number of pyridine rings is 1. The molecule has 142 valence electrons. The average Bonchev–Trinajstić information content (AvgIpc) is 2.71. The second-order valence-corrected chi connectivity index (χ2v) is 7.79. The van der Waals surface area contributed by atoms with Gasteiger partial charge in [-0.1, -0.05) is 24.3 Å². The lowest BCUT2D eigenvalue weighted by atomic mass is 9.88. The number of nitrogens with zero attached hydrogens (tertiary/aromatic N) is 3. The van der Waals surface area contributed by atoms with E-state index in [1.165, 1.54) is 17.0 Å². The molecule has 2 aromatic carbocycles. The van der Waals surface area contributed by atoms with Gasteiger partial charge in [0, 0.05) is 17.6 Å². The molecule has 3 nitrogen and oxygen atoms in total. The quantitative estimate of drug-likeness (QED) is 0.645. The number of halogens is 1. The Morgan fingerprint density at radius 3 is 2.71 bits per heavy atom. The van der Waals surface area contributed by atoms with E-state index in [9.17, 15) is 4.39 Å². The van der Waals surface area contributed by atoms with E-state index in [1.54, 1.807) is 12.1 Å². The molecule has 4 heteroatoms. The van der Waals surface area contributed by atoms with Crippen LogP contribution in [0.4, 0.5) is 4.39 Å². The Morgan fingerprint density at radius 2 is 1.93 bits per heavy atom. The molecule has 1 aliphatic heterocycles. The highest BCUT2D eigenvalue weighted by molar-refractivity contribution is 5.82. The summed E-state index contributed by atoms with van der Waals surface area (Å²) in [5.74, 6) is 0.231. The summed E-state index contributed by atoms with van der Waals surface area (Å²) in [7, 11) is 0. The number of aryl methyl sites for hydroxylation is 1. The minimum Gasteiger partial charge on any atom is -0.299 e. The molecule has 2 heterocycles. The van der Waals surface area contributed by atoms with Crippen LogP contribution in [-0.4, -0.2) is 23.0 Å². The maximum Gasteiger partial charge on any atom is 0.140 e. The number of fused-ring (bicyclic) bond motifs is 1. The zero-order valence-corrected chi connectivity index (χ0v) is 16.2. The second-order valence-electron chi connectivity index (χ2n) is 7.79. The monoisotopic (exact) mass is 373 g/mol. The fraction of sp³-hybridized carbons (Fsp3) is 0.333. The Labute approximate surface area is 165 Å². The Bertz CT molecular complexity index is 1030. The Kier molecular flexibility index (Phi) is 5.36. The molecule has 0 saturated carbocycles. The van der Waals surface area contributed by atoms with Gasteiger partial charge < -0.3 is 0 Å². The second kappa shape index (κ2) is 8.08. The van der Waals surface area contributed by atoms with Crippen LogP contribution in [0.1, 0.15) is 35.2 Å². The number of likely N-dealkylation sites (tertiary alicyclic amines) is 1. The number of hydrogen-bond donors (Lipinski definition) is 0. The van der Waals surface area contributed by atoms with Gasteiger partial charge in [0.15, 0.2) is 0 Å². The molecular weight excluding hydrogens is 349 g/mol. The number of benzene rings is 2. The first-order chi connectivity index (χ1) is 13.6. The van der Waals surface area contributed by atoms with Crippen LogP contribution < -0.4 is 0 Å². The third kappa shape index (κ3) is 4.05. The van der Waals surface area contributed by atoms with Crippen LogP contribution in [0.3, 0.4) is 0 Å². The highest BCUT2D eigenvalue weighted by Crippen LogP contribution is 2.27. The molecule has 0 aliphatic carbocycles. The molecule has 0 bridgehead atoms. The van der Waals surface area contributed by atoms with Gasteiger partial charge in [0.1, 0.15) is 11.9 Å². The lowest BCUT2D eigenvalue weighted by Crippen LogP contribution is -2.33. The summed E-state index contributed by atoms with van der Waals surface area (Å²) < 4.78 is 13.5. The largest absolute Gasteiger partial charge is 0.299 e. The normalized spacial score (nSPS) is 15.6. The number of para-hydroxylation sites is 1. The Balaban J connectivity index is 1.39. The van der Waals surface area contributed by atoms with Gasteiger partial charge in [-0.05, 0) is 80.6 Å². The van der Waals surface area contributed by atoms with Gasteiger partial charge in [-0.2, -0.15) is 5.26 Å². The first-order valence-corrected chi connectivity index (χ1v) is 9.88. The number of rotatable bonds is 4. The highest BCUT2D eigenvalue weighted by Gasteiger charge is 2.21. The van der Waals surface area contributed by atoms with E-state index in [-0.39, 0.29) is 5.56 Å². The van der Waals surface area contributed by atoms with Crippen molar-refractivity contribution in [1.29, 1.82) is 5.26 Å². The van der Waals surface area contributed by atoms with Crippen LogP contribution in [0.2, 0.25) is 0 Å². The molecule has 0 radical (unpaired) electrons. The third-order valence-electron chi connectivity index (χ3n) is 5.70. The average molecular weight is 373 g/mol. The highest BCUT2D eigenvalue weighted by atomic mass is 19.1. The predicted molar refractivity (Wildman–Crippen MR) is 109 cm³/mol. The van der Waals surface area contributed by atoms with Gasteiger partial charge in [-0.15, -0.1) is 0 Å². The van der Waals surface area contributed by atoms with Crippen molar-refractivity contribution in [2.24, 2.45) is 5.92 Å². The van der Waals surface area contributed by atoms with Crippen molar-refractivity contribution < 1.29 is 4.39 Å². The molecule has 1 aliphatic rings. The molecule has 1 fully saturated rings. The zero-order chi connectivity index (χ0) is 19.5. The predicted octanol–water partition coefficient (Wildman–Crippen LogP) is 5.01. The van der Waals surface area contributed by atoms with Crippen LogP contribution >= 0.6 is 0 Å². The molecule has 1 saturated heterocycles. The molecule has 28 heavy (non-hydrogen) atoms. The van der Waals surface area contributed by atoms with Crippen molar-refractivity contribution in [2.75, 3.05) is 13.1 Å². The van der Waals surface area contributed by atoms with E-state index < -0.39 is 5.82 Å². The maximum atomic E-state index is 13.5. The van der Waals surface area contributed by atoms with E-state index in [0.717, 1.165) is 55.7 Å². The SMILES string of the molecule is Cc1cc(CC2CCN(Cc3ccc(F)c(C#N)c3)CC2)c2ccccc2n1. The topological polar surface area (TPSA) is 39.9 Å². The van der Waals surface area contributed by atoms with Gasteiger partial charge >= 0.3 is 0 Å². The minimum absolute atomic E-state index is 0.132. The molecule has 0 atom stereocenters. The molecule has 0 N–H and O–H groups in total. The summed E-state index contributed by atoms with van der Waals surface area (Å²) in [5.41, 5.74) is 4.70. The zero-order valence-electron chi connectivity index (χ0n) is 16.2. The van der Waals surface area contributed by atoms with E-state index in [1.807, 2.05) is 12.1 Å². The number of nitriles is 1. The Morgan fingerprint density at radius 1 is 1.14 bits per heavy atom. The Hall–Kier alpha value is -2.77. The molecule has 0 spiro atoms. The van der Waals surface area contributed by atoms with E-state index in [2.05, 4.69) is 41.1 Å². The van der Waals surface area contributed by atoms with Crippen molar-refractivity contribution in [3.05, 3.63) is 76.7 Å². The molecule has 4 rings (SSSR count). The lowest BCUT2D eigenvalue weighted by Gasteiger charge is -2.32. The van der Waals surface area contributed by atoms with E-state index in [0.29, 0.717) is 5.92 Å². The van der Waals surface area contributed by atoms with Gasteiger partial charge in [0.2, 0.25) is 0 Å². The van der Waals surface area contributed by atoms with Gasteiger partial charge in [0.25, 0.3) is 0 Å². The summed E-state index contributed by atoms with van der Waals surface area (Å²) in [6, 6.07) is 17.4. The van der Waals surface area contributed by atoms with Crippen LogP contribution in [0, 0.1) is 30.0 Å². The molecule has 3 aromatic rings. The van der Waals surface area contributed by atoms with Gasteiger partial charge in [-0.25, -0.2) is 4.39 Å². The van der Waals surface area contributed by atoms with Crippen molar-refractivity contribution in [3.8, 4) is 6.07 Å². The molecular formula is C24H24FN3. The number of aromatic nitrogens is 1. The number of piperidine rings is 1. The smallest absolute Gasteiger partial charge is 0.140 e. The van der Waals surface area contributed by atoms with Crippen LogP contribution in [-0.2, 0) is 13.0 Å². The third-order valence-corrected chi connectivity index (χ3v) is 5.70. The van der Waals surface area contributed by atoms with Gasteiger partial charge in [0.05, 0.1) is 11.1 Å². The summed E-state index contributed by atoms with van der Waals surface area (Å²) >= 11 is 0. The standard InChI is InChI=1S/C24H24FN3/c1-17-12-20(22-4-2-3-5-24(22)27-17)13-18-8-10-28(11-9-18)16-19-6-7-23(25)21(14-19)15-26/h2-7,12,14,18H,8-11,13,16H2,1H3. The van der Waals surface area contributed by atoms with Crippen molar-refractivity contribution in [3.63, 3.8) is 0 Å². The summed E-state index contributed by atoms with van der Waals surface area (Å²) in [4.78, 5) is 7.05. The van der Waals surface area contributed by atoms with Crippen LogP contribution in [0.25, 0.3) is 10.9 Å². The molecule has 1 aromatic heterocycles.